The molecule has 0 bridgehead atoms. The summed E-state index contributed by atoms with van der Waals surface area (Å²) in [5.74, 6) is -0.303. The summed E-state index contributed by atoms with van der Waals surface area (Å²) in [6.07, 6.45) is 7.63. The fourth-order valence-corrected chi connectivity index (χ4v) is 2.11. The van der Waals surface area contributed by atoms with Crippen LogP contribution in [0.1, 0.15) is 24.8 Å². The van der Waals surface area contributed by atoms with E-state index in [1.165, 1.54) is 0 Å². The molecule has 1 aromatic rings. The van der Waals surface area contributed by atoms with Crippen molar-refractivity contribution < 1.29 is 4.39 Å². The first-order chi connectivity index (χ1) is 7.77. The average molecular weight is 240 g/mol. The molecule has 0 radical (unpaired) electrons. The molecule has 1 aliphatic carbocycles. The van der Waals surface area contributed by atoms with Gasteiger partial charge in [0.25, 0.3) is 0 Å². The maximum Gasteiger partial charge on any atom is 0.146 e. The van der Waals surface area contributed by atoms with Gasteiger partial charge in [0.15, 0.2) is 0 Å². The van der Waals surface area contributed by atoms with E-state index in [-0.39, 0.29) is 10.8 Å². The van der Waals surface area contributed by atoms with Crippen LogP contribution in [0, 0.1) is 5.82 Å². The van der Waals surface area contributed by atoms with E-state index in [1.807, 2.05) is 0 Å². The van der Waals surface area contributed by atoms with Crippen molar-refractivity contribution in [3.8, 4) is 0 Å². The van der Waals surface area contributed by atoms with Crippen molar-refractivity contribution in [2.75, 3.05) is 0 Å². The third kappa shape index (κ3) is 2.83. The molecule has 0 amide bonds. The zero-order valence-electron chi connectivity index (χ0n) is 9.05. The summed E-state index contributed by atoms with van der Waals surface area (Å²) in [6.45, 7) is 0.547. The van der Waals surface area contributed by atoms with Gasteiger partial charge in [0.05, 0.1) is 5.02 Å². The molecular formula is C13H15ClFN. The van der Waals surface area contributed by atoms with E-state index >= 15 is 0 Å². The predicted octanol–water partition coefficient (Wildman–Crippen LogP) is 3.68. The van der Waals surface area contributed by atoms with Crippen LogP contribution in [-0.4, -0.2) is 6.04 Å². The molecule has 3 heteroatoms. The lowest BCUT2D eigenvalue weighted by atomic mass is 10.0. The van der Waals surface area contributed by atoms with Gasteiger partial charge in [-0.3, -0.25) is 0 Å². The minimum absolute atomic E-state index is 0.197. The summed E-state index contributed by atoms with van der Waals surface area (Å²) in [5, 5.41) is 3.55. The first-order valence-corrected chi connectivity index (χ1v) is 5.96. The summed E-state index contributed by atoms with van der Waals surface area (Å²) in [6, 6.07) is 5.59. The van der Waals surface area contributed by atoms with Crippen LogP contribution < -0.4 is 5.32 Å². The monoisotopic (exact) mass is 239 g/mol. The summed E-state index contributed by atoms with van der Waals surface area (Å²) >= 11 is 5.72. The van der Waals surface area contributed by atoms with E-state index in [0.29, 0.717) is 18.2 Å². The van der Waals surface area contributed by atoms with Gasteiger partial charge in [0, 0.05) is 18.2 Å². The van der Waals surface area contributed by atoms with Gasteiger partial charge in [-0.2, -0.15) is 0 Å². The molecule has 86 valence electrons. The molecule has 0 saturated heterocycles. The molecule has 1 aromatic carbocycles. The highest BCUT2D eigenvalue weighted by Gasteiger charge is 2.11. The first-order valence-electron chi connectivity index (χ1n) is 5.58. The van der Waals surface area contributed by atoms with Gasteiger partial charge in [-0.1, -0.05) is 35.9 Å². The number of hydrogen-bond acceptors (Lipinski definition) is 1. The standard InChI is InChI=1S/C13H15ClFN/c14-12-8-4-5-10(13(12)15)9-16-11-6-2-1-3-7-11/h1-2,4-5,8,11,16H,3,6-7,9H2. The molecule has 1 N–H and O–H groups in total. The Morgan fingerprint density at radius 2 is 2.25 bits per heavy atom. The molecule has 2 rings (SSSR count). The van der Waals surface area contributed by atoms with Crippen LogP contribution in [0.25, 0.3) is 0 Å². The maximum atomic E-state index is 13.6. The molecule has 1 atom stereocenters. The predicted molar refractivity (Wildman–Crippen MR) is 65.0 cm³/mol. The number of hydrogen-bond donors (Lipinski definition) is 1. The summed E-state index contributed by atoms with van der Waals surface area (Å²) in [7, 11) is 0. The lowest BCUT2D eigenvalue weighted by Gasteiger charge is -2.19. The molecule has 16 heavy (non-hydrogen) atoms. The molecule has 1 nitrogen and oxygen atoms in total. The minimum Gasteiger partial charge on any atom is -0.309 e. The Morgan fingerprint density at radius 3 is 3.00 bits per heavy atom. The molecule has 0 spiro atoms. The summed E-state index contributed by atoms with van der Waals surface area (Å²) in [5.41, 5.74) is 0.641. The van der Waals surface area contributed by atoms with Crippen LogP contribution in [0.5, 0.6) is 0 Å². The molecule has 0 aromatic heterocycles. The Kier molecular flexibility index (Phi) is 3.97. The van der Waals surface area contributed by atoms with Crippen molar-refractivity contribution in [1.82, 2.24) is 5.32 Å². The zero-order valence-corrected chi connectivity index (χ0v) is 9.80. The second kappa shape index (κ2) is 5.46. The molecular weight excluding hydrogens is 225 g/mol. The van der Waals surface area contributed by atoms with Crippen molar-refractivity contribution in [3.05, 3.63) is 46.8 Å². The van der Waals surface area contributed by atoms with E-state index in [9.17, 15) is 4.39 Å². The Balaban J connectivity index is 1.94. The Bertz CT molecular complexity index is 390. The van der Waals surface area contributed by atoms with Gasteiger partial charge in [0.1, 0.15) is 5.82 Å². The minimum atomic E-state index is -0.303. The number of halogens is 2. The molecule has 1 aliphatic rings. The van der Waals surface area contributed by atoms with Crippen molar-refractivity contribution in [1.29, 1.82) is 0 Å². The van der Waals surface area contributed by atoms with Gasteiger partial charge in [-0.15, -0.1) is 0 Å². The van der Waals surface area contributed by atoms with E-state index in [1.54, 1.807) is 18.2 Å². The largest absolute Gasteiger partial charge is 0.309 e. The first kappa shape index (κ1) is 11.6. The normalized spacial score (nSPS) is 20.0. The molecule has 0 heterocycles. The average Bonchev–Trinajstić information content (AvgIpc) is 2.32. The van der Waals surface area contributed by atoms with Gasteiger partial charge < -0.3 is 5.32 Å². The van der Waals surface area contributed by atoms with Crippen molar-refractivity contribution in [2.45, 2.75) is 31.8 Å². The number of benzene rings is 1. The third-order valence-corrected chi connectivity index (χ3v) is 3.17. The highest BCUT2D eigenvalue weighted by atomic mass is 35.5. The Labute approximate surface area is 100 Å². The fourth-order valence-electron chi connectivity index (χ4n) is 1.92. The van der Waals surface area contributed by atoms with Gasteiger partial charge in [0.2, 0.25) is 0 Å². The summed E-state index contributed by atoms with van der Waals surface area (Å²) < 4.78 is 13.6. The fraction of sp³-hybridized carbons (Fsp3) is 0.385. The second-order valence-electron chi connectivity index (χ2n) is 4.08. The quantitative estimate of drug-likeness (QED) is 0.794. The third-order valence-electron chi connectivity index (χ3n) is 2.88. The van der Waals surface area contributed by atoms with Crippen LogP contribution in [0.3, 0.4) is 0 Å². The van der Waals surface area contributed by atoms with E-state index < -0.39 is 0 Å². The SMILES string of the molecule is Fc1c(Cl)cccc1CNC1CC=CCC1. The van der Waals surface area contributed by atoms with Crippen LogP contribution in [0.4, 0.5) is 4.39 Å². The Hall–Kier alpha value is -0.860. The smallest absolute Gasteiger partial charge is 0.146 e. The van der Waals surface area contributed by atoms with Gasteiger partial charge in [-0.05, 0) is 25.3 Å². The van der Waals surface area contributed by atoms with E-state index in [4.69, 9.17) is 11.6 Å². The molecule has 0 fully saturated rings. The van der Waals surface area contributed by atoms with Crippen LogP contribution in [0.15, 0.2) is 30.4 Å². The van der Waals surface area contributed by atoms with Gasteiger partial charge >= 0.3 is 0 Å². The summed E-state index contributed by atoms with van der Waals surface area (Å²) in [4.78, 5) is 0. The highest BCUT2D eigenvalue weighted by molar-refractivity contribution is 6.30. The van der Waals surface area contributed by atoms with Gasteiger partial charge in [-0.25, -0.2) is 4.39 Å². The van der Waals surface area contributed by atoms with Crippen LogP contribution >= 0.6 is 11.6 Å². The van der Waals surface area contributed by atoms with E-state index in [0.717, 1.165) is 19.3 Å². The van der Waals surface area contributed by atoms with Crippen molar-refractivity contribution in [3.63, 3.8) is 0 Å². The maximum absolute atomic E-state index is 13.6. The van der Waals surface area contributed by atoms with Crippen molar-refractivity contribution >= 4 is 11.6 Å². The Morgan fingerprint density at radius 1 is 1.38 bits per heavy atom. The molecule has 0 aliphatic heterocycles. The second-order valence-corrected chi connectivity index (χ2v) is 4.48. The topological polar surface area (TPSA) is 12.0 Å². The van der Waals surface area contributed by atoms with E-state index in [2.05, 4.69) is 17.5 Å². The molecule has 1 unspecified atom stereocenters. The van der Waals surface area contributed by atoms with Crippen LogP contribution in [0.2, 0.25) is 5.02 Å². The highest BCUT2D eigenvalue weighted by Crippen LogP contribution is 2.18. The number of rotatable bonds is 3. The lowest BCUT2D eigenvalue weighted by molar-refractivity contribution is 0.466. The van der Waals surface area contributed by atoms with Crippen molar-refractivity contribution in [2.24, 2.45) is 0 Å². The van der Waals surface area contributed by atoms with Crippen LogP contribution in [-0.2, 0) is 6.54 Å². The lowest BCUT2D eigenvalue weighted by Crippen LogP contribution is -2.29. The number of allylic oxidation sites excluding steroid dienone is 1. The zero-order chi connectivity index (χ0) is 11.4. The number of nitrogens with one attached hydrogen (secondary N) is 1. The molecule has 0 saturated carbocycles.